The highest BCUT2D eigenvalue weighted by Crippen LogP contribution is 2.27. The minimum atomic E-state index is 0.346. The van der Waals surface area contributed by atoms with Gasteiger partial charge in [0.05, 0.1) is 0 Å². The Kier molecular flexibility index (Phi) is 5.26. The fourth-order valence-corrected chi connectivity index (χ4v) is 4.28. The molecule has 0 saturated carbocycles. The Morgan fingerprint density at radius 3 is 2.85 bits per heavy atom. The summed E-state index contributed by atoms with van der Waals surface area (Å²) in [5.41, 5.74) is 3.92. The zero-order valence-corrected chi connectivity index (χ0v) is 15.3. The standard InChI is InChI=1S/C23H28N2O/c26-21-11-12-23-22(15-21)19(16-24-23)9-4-5-13-25-14-6-10-20(17-25)18-7-2-1-3-8-18/h1-3,7-8,11-12,15-16,20,24,26H,4-6,9-10,13-14,17H2. The van der Waals surface area contributed by atoms with Crippen LogP contribution in [0.25, 0.3) is 10.9 Å². The first kappa shape index (κ1) is 17.2. The summed E-state index contributed by atoms with van der Waals surface area (Å²) in [7, 11) is 0. The van der Waals surface area contributed by atoms with Gasteiger partial charge in [0.1, 0.15) is 5.75 Å². The van der Waals surface area contributed by atoms with E-state index >= 15 is 0 Å². The van der Waals surface area contributed by atoms with Gasteiger partial charge < -0.3 is 15.0 Å². The highest BCUT2D eigenvalue weighted by molar-refractivity contribution is 5.84. The molecule has 1 fully saturated rings. The first-order chi connectivity index (χ1) is 12.8. The van der Waals surface area contributed by atoms with Crippen LogP contribution < -0.4 is 0 Å². The molecular weight excluding hydrogens is 320 g/mol. The lowest BCUT2D eigenvalue weighted by atomic mass is 9.90. The monoisotopic (exact) mass is 348 g/mol. The Balaban J connectivity index is 1.27. The van der Waals surface area contributed by atoms with Crippen LogP contribution in [-0.2, 0) is 6.42 Å². The molecule has 136 valence electrons. The van der Waals surface area contributed by atoms with Gasteiger partial charge in [0, 0.05) is 23.6 Å². The average Bonchev–Trinajstić information content (AvgIpc) is 3.08. The molecule has 26 heavy (non-hydrogen) atoms. The minimum absolute atomic E-state index is 0.346. The average molecular weight is 348 g/mol. The topological polar surface area (TPSA) is 39.3 Å². The predicted molar refractivity (Wildman–Crippen MR) is 108 cm³/mol. The molecule has 2 aromatic carbocycles. The van der Waals surface area contributed by atoms with E-state index in [-0.39, 0.29) is 0 Å². The van der Waals surface area contributed by atoms with Crippen molar-refractivity contribution in [1.82, 2.24) is 9.88 Å². The zero-order valence-electron chi connectivity index (χ0n) is 15.3. The summed E-state index contributed by atoms with van der Waals surface area (Å²) < 4.78 is 0. The molecule has 4 rings (SSSR count). The number of piperidine rings is 1. The Hall–Kier alpha value is -2.26. The van der Waals surface area contributed by atoms with Crippen LogP contribution in [0.5, 0.6) is 5.75 Å². The van der Waals surface area contributed by atoms with Crippen molar-refractivity contribution in [1.29, 1.82) is 0 Å². The Morgan fingerprint density at radius 2 is 1.96 bits per heavy atom. The van der Waals surface area contributed by atoms with Gasteiger partial charge in [0.15, 0.2) is 0 Å². The van der Waals surface area contributed by atoms with Crippen LogP contribution in [-0.4, -0.2) is 34.6 Å². The molecule has 3 nitrogen and oxygen atoms in total. The van der Waals surface area contributed by atoms with Crippen molar-refractivity contribution in [2.75, 3.05) is 19.6 Å². The molecule has 1 aromatic heterocycles. The number of phenols is 1. The van der Waals surface area contributed by atoms with E-state index < -0.39 is 0 Å². The van der Waals surface area contributed by atoms with E-state index in [0.29, 0.717) is 11.7 Å². The number of aryl methyl sites for hydroxylation is 1. The maximum absolute atomic E-state index is 9.71. The van der Waals surface area contributed by atoms with Crippen LogP contribution in [0, 0.1) is 0 Å². The van der Waals surface area contributed by atoms with Gasteiger partial charge in [-0.1, -0.05) is 30.3 Å². The Morgan fingerprint density at radius 1 is 1.08 bits per heavy atom. The summed E-state index contributed by atoms with van der Waals surface area (Å²) in [5, 5.41) is 10.9. The molecule has 2 N–H and O–H groups in total. The highest BCUT2D eigenvalue weighted by Gasteiger charge is 2.20. The second-order valence-corrected chi connectivity index (χ2v) is 7.55. The molecule has 0 aliphatic carbocycles. The van der Waals surface area contributed by atoms with Crippen LogP contribution in [0.4, 0.5) is 0 Å². The molecule has 0 spiro atoms. The maximum atomic E-state index is 9.71. The fourth-order valence-electron chi connectivity index (χ4n) is 4.28. The van der Waals surface area contributed by atoms with Gasteiger partial charge in [-0.05, 0) is 80.4 Å². The van der Waals surface area contributed by atoms with Crippen molar-refractivity contribution in [3.05, 3.63) is 65.9 Å². The summed E-state index contributed by atoms with van der Waals surface area (Å²) in [5.74, 6) is 1.04. The highest BCUT2D eigenvalue weighted by atomic mass is 16.3. The number of phenolic OH excluding ortho intramolecular Hbond substituents is 1. The summed E-state index contributed by atoms with van der Waals surface area (Å²) in [6, 6.07) is 16.5. The lowest BCUT2D eigenvalue weighted by Crippen LogP contribution is -2.35. The number of nitrogens with zero attached hydrogens (tertiary/aromatic N) is 1. The van der Waals surface area contributed by atoms with Crippen molar-refractivity contribution in [3.8, 4) is 5.75 Å². The summed E-state index contributed by atoms with van der Waals surface area (Å²) in [4.78, 5) is 5.95. The third kappa shape index (κ3) is 3.94. The van der Waals surface area contributed by atoms with Crippen LogP contribution in [0.15, 0.2) is 54.7 Å². The maximum Gasteiger partial charge on any atom is 0.116 e. The van der Waals surface area contributed by atoms with Gasteiger partial charge >= 0.3 is 0 Å². The van der Waals surface area contributed by atoms with E-state index in [1.165, 1.54) is 56.4 Å². The zero-order chi connectivity index (χ0) is 17.8. The van der Waals surface area contributed by atoms with Gasteiger partial charge in [-0.25, -0.2) is 0 Å². The largest absolute Gasteiger partial charge is 0.508 e. The van der Waals surface area contributed by atoms with Gasteiger partial charge in [-0.3, -0.25) is 0 Å². The van der Waals surface area contributed by atoms with Crippen molar-refractivity contribution >= 4 is 10.9 Å². The second-order valence-electron chi connectivity index (χ2n) is 7.55. The number of benzene rings is 2. The van der Waals surface area contributed by atoms with Crippen LogP contribution in [0.2, 0.25) is 0 Å². The normalized spacial score (nSPS) is 18.4. The summed E-state index contributed by atoms with van der Waals surface area (Å²) >= 11 is 0. The molecular formula is C23H28N2O. The number of unbranched alkanes of at least 4 members (excludes halogenated alkanes) is 1. The van der Waals surface area contributed by atoms with Gasteiger partial charge in [-0.2, -0.15) is 0 Å². The van der Waals surface area contributed by atoms with E-state index in [1.807, 2.05) is 12.1 Å². The SMILES string of the molecule is Oc1ccc2[nH]cc(CCCCN3CCCC(c4ccccc4)C3)c2c1. The third-order valence-corrected chi connectivity index (χ3v) is 5.70. The fraction of sp³-hybridized carbons (Fsp3) is 0.391. The number of hydrogen-bond acceptors (Lipinski definition) is 2. The predicted octanol–water partition coefficient (Wildman–Crippen LogP) is 5.08. The number of hydrogen-bond donors (Lipinski definition) is 2. The van der Waals surface area contributed by atoms with E-state index in [9.17, 15) is 5.11 Å². The molecule has 1 unspecified atom stereocenters. The van der Waals surface area contributed by atoms with E-state index in [2.05, 4.69) is 46.4 Å². The summed E-state index contributed by atoms with van der Waals surface area (Å²) in [6.07, 6.45) is 8.21. The lowest BCUT2D eigenvalue weighted by molar-refractivity contribution is 0.204. The lowest BCUT2D eigenvalue weighted by Gasteiger charge is -2.33. The number of H-pyrrole nitrogens is 1. The first-order valence-corrected chi connectivity index (χ1v) is 9.86. The molecule has 0 amide bonds. The number of rotatable bonds is 6. The quantitative estimate of drug-likeness (QED) is 0.610. The van der Waals surface area contributed by atoms with Crippen LogP contribution >= 0.6 is 0 Å². The summed E-state index contributed by atoms with van der Waals surface area (Å²) in [6.45, 7) is 3.63. The third-order valence-electron chi connectivity index (χ3n) is 5.70. The van der Waals surface area contributed by atoms with Gasteiger partial charge in [0.25, 0.3) is 0 Å². The van der Waals surface area contributed by atoms with E-state index in [0.717, 1.165) is 17.3 Å². The van der Waals surface area contributed by atoms with Crippen molar-refractivity contribution < 1.29 is 5.11 Å². The van der Waals surface area contributed by atoms with Gasteiger partial charge in [-0.15, -0.1) is 0 Å². The molecule has 1 atom stereocenters. The minimum Gasteiger partial charge on any atom is -0.508 e. The number of aromatic hydroxyl groups is 1. The van der Waals surface area contributed by atoms with E-state index in [1.54, 1.807) is 6.07 Å². The molecule has 0 radical (unpaired) electrons. The number of likely N-dealkylation sites (tertiary alicyclic amines) is 1. The van der Waals surface area contributed by atoms with Crippen LogP contribution in [0.1, 0.15) is 42.7 Å². The van der Waals surface area contributed by atoms with Gasteiger partial charge in [0.2, 0.25) is 0 Å². The molecule has 3 aromatic rings. The Bertz CT molecular complexity index is 840. The molecule has 0 bridgehead atoms. The van der Waals surface area contributed by atoms with Crippen molar-refractivity contribution in [2.24, 2.45) is 0 Å². The molecule has 1 aliphatic heterocycles. The first-order valence-electron chi connectivity index (χ1n) is 9.86. The molecule has 1 saturated heterocycles. The number of aromatic amines is 1. The number of aromatic nitrogens is 1. The van der Waals surface area contributed by atoms with Crippen LogP contribution in [0.3, 0.4) is 0 Å². The second kappa shape index (κ2) is 7.96. The Labute approximate surface area is 155 Å². The smallest absolute Gasteiger partial charge is 0.116 e. The molecule has 2 heterocycles. The molecule has 1 aliphatic rings. The van der Waals surface area contributed by atoms with Crippen molar-refractivity contribution in [2.45, 2.75) is 38.0 Å². The van der Waals surface area contributed by atoms with Crippen molar-refractivity contribution in [3.63, 3.8) is 0 Å². The number of fused-ring (bicyclic) bond motifs is 1. The van der Waals surface area contributed by atoms with E-state index in [4.69, 9.17) is 0 Å². The number of nitrogens with one attached hydrogen (secondary N) is 1. The molecule has 3 heteroatoms.